The Balaban J connectivity index is 2.61. The van der Waals surface area contributed by atoms with Gasteiger partial charge in [0.15, 0.2) is 13.9 Å². The molecule has 5 nitrogen and oxygen atoms in total. The molecule has 0 atom stereocenters. The molecule has 7 heteroatoms. The highest BCUT2D eigenvalue weighted by Crippen LogP contribution is 2.45. The van der Waals surface area contributed by atoms with Gasteiger partial charge in [-0.1, -0.05) is 59.8 Å². The number of benzene rings is 1. The van der Waals surface area contributed by atoms with Crippen molar-refractivity contribution in [2.75, 3.05) is 11.7 Å². The van der Waals surface area contributed by atoms with E-state index in [4.69, 9.17) is 9.26 Å². The highest BCUT2D eigenvalue weighted by atomic mass is 28.4. The zero-order chi connectivity index (χ0) is 21.7. The van der Waals surface area contributed by atoms with E-state index in [2.05, 4.69) is 72.9 Å². The van der Waals surface area contributed by atoms with Gasteiger partial charge in [-0.25, -0.2) is 0 Å². The third kappa shape index (κ3) is 3.78. The molecule has 1 aromatic rings. The number of ether oxygens (including phenoxy) is 1. The maximum Gasteiger partial charge on any atom is 0.286 e. The van der Waals surface area contributed by atoms with E-state index in [-0.39, 0.29) is 16.0 Å². The van der Waals surface area contributed by atoms with E-state index >= 15 is 0 Å². The minimum absolute atomic E-state index is 0.00897. The van der Waals surface area contributed by atoms with E-state index in [1.807, 2.05) is 22.8 Å². The molecule has 1 amide bonds. The lowest BCUT2D eigenvalue weighted by atomic mass is 10.1. The van der Waals surface area contributed by atoms with Gasteiger partial charge in [-0.2, -0.15) is 0 Å². The largest absolute Gasteiger partial charge is 0.497 e. The van der Waals surface area contributed by atoms with Gasteiger partial charge in [0.2, 0.25) is 0 Å². The summed E-state index contributed by atoms with van der Waals surface area (Å²) < 4.78 is 13.5. The van der Waals surface area contributed by atoms with Crippen LogP contribution in [0.15, 0.2) is 23.4 Å². The van der Waals surface area contributed by atoms with Crippen molar-refractivity contribution in [3.8, 4) is 5.75 Å². The summed E-state index contributed by atoms with van der Waals surface area (Å²) in [6.45, 7) is 21.8. The Kier molecular flexibility index (Phi) is 5.69. The molecule has 1 aliphatic rings. The first-order chi connectivity index (χ1) is 12.5. The SMILES string of the molecule is COc1ccc2c(c1)/C(=N/O[Si](C)(C)C(C)(C)C)C(=O)N2[Si](C)(C)C(C)(C)C. The molecule has 0 saturated heterocycles. The molecule has 0 fully saturated rings. The predicted molar refractivity (Wildman–Crippen MR) is 122 cm³/mol. The van der Waals surface area contributed by atoms with E-state index in [0.717, 1.165) is 11.3 Å². The van der Waals surface area contributed by atoms with Crippen LogP contribution >= 0.6 is 0 Å². The Labute approximate surface area is 172 Å². The zero-order valence-electron chi connectivity index (χ0n) is 19.4. The van der Waals surface area contributed by atoms with Gasteiger partial charge in [-0.05, 0) is 41.4 Å². The molecule has 0 N–H and O–H groups in total. The van der Waals surface area contributed by atoms with Crippen molar-refractivity contribution in [2.45, 2.75) is 77.8 Å². The molecular formula is C21H36N2O3Si2. The number of fused-ring (bicyclic) bond motifs is 1. The van der Waals surface area contributed by atoms with Gasteiger partial charge >= 0.3 is 0 Å². The van der Waals surface area contributed by atoms with Crippen LogP contribution in [0.1, 0.15) is 47.1 Å². The minimum Gasteiger partial charge on any atom is -0.497 e. The summed E-state index contributed by atoms with van der Waals surface area (Å²) in [5.74, 6) is 0.650. The van der Waals surface area contributed by atoms with Crippen molar-refractivity contribution in [1.29, 1.82) is 0 Å². The Morgan fingerprint density at radius 1 is 0.964 bits per heavy atom. The van der Waals surface area contributed by atoms with Crippen LogP contribution in [0, 0.1) is 0 Å². The number of rotatable bonds is 4. The fourth-order valence-corrected chi connectivity index (χ4v) is 5.31. The summed E-state index contributed by atoms with van der Waals surface area (Å²) in [6, 6.07) is 5.78. The van der Waals surface area contributed by atoms with E-state index in [0.29, 0.717) is 11.5 Å². The number of oxime groups is 1. The van der Waals surface area contributed by atoms with Gasteiger partial charge in [0, 0.05) is 11.3 Å². The van der Waals surface area contributed by atoms with Crippen molar-refractivity contribution >= 4 is 33.9 Å². The molecule has 1 aromatic carbocycles. The fraction of sp³-hybridized carbons (Fsp3) is 0.619. The van der Waals surface area contributed by atoms with Gasteiger partial charge in [0.05, 0.1) is 7.11 Å². The van der Waals surface area contributed by atoms with E-state index in [9.17, 15) is 4.79 Å². The number of methoxy groups -OCH3 is 1. The molecule has 0 aliphatic carbocycles. The van der Waals surface area contributed by atoms with Gasteiger partial charge in [0.25, 0.3) is 14.2 Å². The normalized spacial score (nSPS) is 17.2. The molecule has 0 aromatic heterocycles. The van der Waals surface area contributed by atoms with Crippen molar-refractivity contribution < 1.29 is 14.1 Å². The summed E-state index contributed by atoms with van der Waals surface area (Å²) in [7, 11) is -2.65. The summed E-state index contributed by atoms with van der Waals surface area (Å²) in [4.78, 5) is 13.5. The van der Waals surface area contributed by atoms with Crippen LogP contribution in [0.2, 0.25) is 36.3 Å². The average Bonchev–Trinajstić information content (AvgIpc) is 2.81. The number of carbonyl (C=O) groups excluding carboxylic acids is 1. The lowest BCUT2D eigenvalue weighted by Gasteiger charge is -2.43. The number of anilines is 1. The Bertz CT molecular complexity index is 803. The molecule has 0 saturated carbocycles. The quantitative estimate of drug-likeness (QED) is 0.459. The average molecular weight is 421 g/mol. The summed E-state index contributed by atoms with van der Waals surface area (Å²) in [6.07, 6.45) is 0. The van der Waals surface area contributed by atoms with Crippen molar-refractivity contribution in [3.05, 3.63) is 23.8 Å². The van der Waals surface area contributed by atoms with Crippen molar-refractivity contribution in [1.82, 2.24) is 0 Å². The van der Waals surface area contributed by atoms with Crippen LogP contribution in [-0.2, 0) is 9.32 Å². The van der Waals surface area contributed by atoms with Crippen LogP contribution in [0.3, 0.4) is 0 Å². The van der Waals surface area contributed by atoms with Crippen molar-refractivity contribution in [2.24, 2.45) is 5.16 Å². The molecule has 1 aliphatic heterocycles. The van der Waals surface area contributed by atoms with E-state index in [1.54, 1.807) is 7.11 Å². The second kappa shape index (κ2) is 7.02. The van der Waals surface area contributed by atoms with Gasteiger partial charge in [-0.15, -0.1) is 0 Å². The Hall–Kier alpha value is -1.61. The third-order valence-corrected chi connectivity index (χ3v) is 16.1. The Morgan fingerprint density at radius 3 is 2.00 bits per heavy atom. The lowest BCUT2D eigenvalue weighted by molar-refractivity contribution is -0.111. The smallest absolute Gasteiger partial charge is 0.286 e. The van der Waals surface area contributed by atoms with Gasteiger partial charge in [0.1, 0.15) is 5.75 Å². The van der Waals surface area contributed by atoms with Crippen LogP contribution in [-0.4, -0.2) is 35.3 Å². The third-order valence-electron chi connectivity index (χ3n) is 6.67. The van der Waals surface area contributed by atoms with E-state index < -0.39 is 16.6 Å². The second-order valence-corrected chi connectivity index (χ2v) is 20.4. The molecule has 1 heterocycles. The first-order valence-electron chi connectivity index (χ1n) is 9.84. The molecule has 156 valence electrons. The molecule has 0 radical (unpaired) electrons. The zero-order valence-corrected chi connectivity index (χ0v) is 21.4. The lowest BCUT2D eigenvalue weighted by Crippen LogP contribution is -2.57. The maximum absolute atomic E-state index is 13.5. The van der Waals surface area contributed by atoms with Crippen LogP contribution in [0.5, 0.6) is 5.75 Å². The van der Waals surface area contributed by atoms with Crippen LogP contribution in [0.25, 0.3) is 0 Å². The molecule has 0 spiro atoms. The highest BCUT2D eigenvalue weighted by Gasteiger charge is 2.50. The molecule has 0 unspecified atom stereocenters. The summed E-state index contributed by atoms with van der Waals surface area (Å²) in [5, 5.41) is 4.48. The van der Waals surface area contributed by atoms with E-state index in [1.165, 1.54) is 0 Å². The highest BCUT2D eigenvalue weighted by molar-refractivity contribution is 6.90. The minimum atomic E-state index is -2.15. The Morgan fingerprint density at radius 2 is 1.54 bits per heavy atom. The molecule has 2 rings (SSSR count). The predicted octanol–water partition coefficient (Wildman–Crippen LogP) is 5.77. The van der Waals surface area contributed by atoms with Gasteiger partial charge in [-0.3, -0.25) is 4.79 Å². The topological polar surface area (TPSA) is 51.1 Å². The van der Waals surface area contributed by atoms with Crippen LogP contribution in [0.4, 0.5) is 5.69 Å². The number of nitrogens with zero attached hydrogens (tertiary/aromatic N) is 2. The number of hydrogen-bond acceptors (Lipinski definition) is 4. The fourth-order valence-electron chi connectivity index (χ4n) is 2.63. The molecule has 28 heavy (non-hydrogen) atoms. The number of amides is 1. The summed E-state index contributed by atoms with van der Waals surface area (Å²) >= 11 is 0. The van der Waals surface area contributed by atoms with Crippen LogP contribution < -0.4 is 9.30 Å². The monoisotopic (exact) mass is 420 g/mol. The second-order valence-electron chi connectivity index (χ2n) is 10.6. The maximum atomic E-state index is 13.5. The molecule has 0 bridgehead atoms. The first kappa shape index (κ1) is 22.7. The summed E-state index contributed by atoms with van der Waals surface area (Å²) in [5.41, 5.74) is 2.10. The standard InChI is InChI=1S/C21H36N2O3Si2/c1-20(2,3)27(8,9)23-17-13-12-15(25-7)14-16(17)18(19(23)24)22-26-28(10,11)21(4,5)6/h12-14H,1-11H3/b22-18-. The van der Waals surface area contributed by atoms with Gasteiger partial charge < -0.3 is 13.8 Å². The van der Waals surface area contributed by atoms with Crippen molar-refractivity contribution in [3.63, 3.8) is 0 Å². The number of carbonyl (C=O) groups is 1. The first-order valence-corrected chi connectivity index (χ1v) is 15.7. The number of hydrogen-bond donors (Lipinski definition) is 0. The molecular weight excluding hydrogens is 384 g/mol.